The van der Waals surface area contributed by atoms with Crippen molar-refractivity contribution in [1.29, 1.82) is 0 Å². The molecular formula is C17H18BN2O3. The molecule has 1 unspecified atom stereocenters. The van der Waals surface area contributed by atoms with Crippen molar-refractivity contribution in [3.05, 3.63) is 58.4 Å². The van der Waals surface area contributed by atoms with Crippen molar-refractivity contribution < 1.29 is 9.47 Å². The highest BCUT2D eigenvalue weighted by Crippen LogP contribution is 2.21. The van der Waals surface area contributed by atoms with Gasteiger partial charge in [-0.1, -0.05) is 30.3 Å². The van der Waals surface area contributed by atoms with E-state index in [4.69, 9.17) is 9.47 Å². The molecule has 23 heavy (non-hydrogen) atoms. The van der Waals surface area contributed by atoms with Gasteiger partial charge >= 0.3 is 0 Å². The van der Waals surface area contributed by atoms with Gasteiger partial charge in [0.2, 0.25) is 5.43 Å². The molecule has 1 aromatic carbocycles. The van der Waals surface area contributed by atoms with Gasteiger partial charge in [-0.15, -0.1) is 0 Å². The molecule has 4 rings (SSSR count). The third kappa shape index (κ3) is 2.68. The zero-order valence-corrected chi connectivity index (χ0v) is 13.0. The first-order valence-corrected chi connectivity index (χ1v) is 7.86. The second kappa shape index (κ2) is 5.87. The van der Waals surface area contributed by atoms with Crippen LogP contribution in [-0.4, -0.2) is 35.7 Å². The molecule has 0 aliphatic carbocycles. The molecule has 5 nitrogen and oxygen atoms in total. The van der Waals surface area contributed by atoms with Crippen LogP contribution >= 0.6 is 0 Å². The van der Waals surface area contributed by atoms with Gasteiger partial charge in [0, 0.05) is 23.9 Å². The number of ether oxygens (including phenoxy) is 2. The summed E-state index contributed by atoms with van der Waals surface area (Å²) in [7, 11) is 1.99. The van der Waals surface area contributed by atoms with Gasteiger partial charge in [-0.25, -0.2) is 0 Å². The van der Waals surface area contributed by atoms with Crippen molar-refractivity contribution in [1.82, 2.24) is 9.38 Å². The molecule has 0 N–H and O–H groups in total. The summed E-state index contributed by atoms with van der Waals surface area (Å²) in [5.74, 6) is 0.411. The number of hydrogen-bond acceptors (Lipinski definition) is 4. The van der Waals surface area contributed by atoms with Gasteiger partial charge in [-0.05, 0) is 12.5 Å². The highest BCUT2D eigenvalue weighted by molar-refractivity contribution is 6.51. The van der Waals surface area contributed by atoms with Crippen molar-refractivity contribution in [2.75, 3.05) is 6.61 Å². The zero-order chi connectivity index (χ0) is 15.8. The van der Waals surface area contributed by atoms with E-state index in [0.29, 0.717) is 31.5 Å². The molecule has 117 valence electrons. The standard InChI is InChI=1S/C17H18BN2O3/c1-12-10-22-15-9-19-8-7-14(21)16(17(19)18-20(12)15)23-11-13-5-3-2-4-6-13/h2-8,12,15H,9-11H2,1H3/t12?,15-/m1/s1. The smallest absolute Gasteiger partial charge is 0.278 e. The lowest BCUT2D eigenvalue weighted by Gasteiger charge is -2.33. The van der Waals surface area contributed by atoms with E-state index in [0.717, 1.165) is 11.2 Å². The van der Waals surface area contributed by atoms with Crippen LogP contribution < -0.4 is 15.8 Å². The van der Waals surface area contributed by atoms with Crippen molar-refractivity contribution in [3.63, 3.8) is 0 Å². The van der Waals surface area contributed by atoms with Crippen molar-refractivity contribution in [2.45, 2.75) is 32.3 Å². The van der Waals surface area contributed by atoms with E-state index in [1.165, 1.54) is 0 Å². The van der Waals surface area contributed by atoms with Crippen LogP contribution in [0.25, 0.3) is 0 Å². The predicted octanol–water partition coefficient (Wildman–Crippen LogP) is 0.732. The van der Waals surface area contributed by atoms with Crippen LogP contribution in [0.15, 0.2) is 47.4 Å². The minimum atomic E-state index is -0.0883. The summed E-state index contributed by atoms with van der Waals surface area (Å²) in [4.78, 5) is 14.4. The predicted molar refractivity (Wildman–Crippen MR) is 87.9 cm³/mol. The van der Waals surface area contributed by atoms with Crippen LogP contribution in [0.1, 0.15) is 12.5 Å². The summed E-state index contributed by atoms with van der Waals surface area (Å²) >= 11 is 0. The Kier molecular flexibility index (Phi) is 3.71. The van der Waals surface area contributed by atoms with E-state index >= 15 is 0 Å². The molecule has 1 aromatic heterocycles. The van der Waals surface area contributed by atoms with E-state index in [2.05, 4.69) is 11.7 Å². The molecule has 1 fully saturated rings. The first kappa shape index (κ1) is 14.5. The van der Waals surface area contributed by atoms with Gasteiger partial charge in [-0.3, -0.25) is 4.79 Å². The van der Waals surface area contributed by atoms with E-state index in [9.17, 15) is 4.79 Å². The lowest BCUT2D eigenvalue weighted by Crippen LogP contribution is -2.54. The molecule has 2 atom stereocenters. The van der Waals surface area contributed by atoms with Crippen molar-refractivity contribution in [3.8, 4) is 5.75 Å². The topological polar surface area (TPSA) is 43.7 Å². The van der Waals surface area contributed by atoms with Gasteiger partial charge in [0.1, 0.15) is 12.8 Å². The number of fused-ring (bicyclic) bond motifs is 2. The number of benzene rings is 1. The number of aromatic nitrogens is 1. The Balaban J connectivity index is 1.63. The van der Waals surface area contributed by atoms with E-state index in [1.807, 2.05) is 48.5 Å². The molecule has 2 aromatic rings. The van der Waals surface area contributed by atoms with Crippen LogP contribution in [0.3, 0.4) is 0 Å². The van der Waals surface area contributed by atoms with E-state index < -0.39 is 0 Å². The van der Waals surface area contributed by atoms with Gasteiger partial charge in [0.25, 0.3) is 7.41 Å². The summed E-state index contributed by atoms with van der Waals surface area (Å²) in [6.45, 7) is 3.92. The van der Waals surface area contributed by atoms with Crippen molar-refractivity contribution >= 4 is 13.0 Å². The van der Waals surface area contributed by atoms with Gasteiger partial charge in [0.15, 0.2) is 5.75 Å². The number of hydrogen-bond donors (Lipinski definition) is 0. The largest absolute Gasteiger partial charge is 0.484 e. The summed E-state index contributed by atoms with van der Waals surface area (Å²) in [5, 5.41) is 0. The molecule has 2 aliphatic rings. The molecule has 1 saturated heterocycles. The van der Waals surface area contributed by atoms with Gasteiger partial charge in [-0.2, -0.15) is 0 Å². The Morgan fingerprint density at radius 1 is 1.30 bits per heavy atom. The third-order valence-corrected chi connectivity index (χ3v) is 4.39. The fourth-order valence-corrected chi connectivity index (χ4v) is 3.11. The molecule has 0 bridgehead atoms. The first-order valence-electron chi connectivity index (χ1n) is 7.86. The van der Waals surface area contributed by atoms with Crippen LogP contribution in [-0.2, 0) is 17.9 Å². The highest BCUT2D eigenvalue weighted by atomic mass is 16.5. The number of rotatable bonds is 3. The minimum Gasteiger partial charge on any atom is -0.484 e. The third-order valence-electron chi connectivity index (χ3n) is 4.39. The monoisotopic (exact) mass is 309 g/mol. The fraction of sp³-hybridized carbons (Fsp3) is 0.353. The average molecular weight is 309 g/mol. The molecule has 6 heteroatoms. The summed E-state index contributed by atoms with van der Waals surface area (Å²) < 4.78 is 13.7. The molecule has 0 saturated carbocycles. The maximum Gasteiger partial charge on any atom is 0.278 e. The number of pyridine rings is 1. The van der Waals surface area contributed by atoms with Gasteiger partial charge < -0.3 is 18.9 Å². The Bertz CT molecular complexity index is 762. The second-order valence-corrected chi connectivity index (χ2v) is 6.03. The number of nitrogens with zero attached hydrogens (tertiary/aromatic N) is 2. The summed E-state index contributed by atoms with van der Waals surface area (Å²) in [6, 6.07) is 11.7. The lowest BCUT2D eigenvalue weighted by molar-refractivity contribution is 0.0500. The Morgan fingerprint density at radius 2 is 2.13 bits per heavy atom. The molecular weight excluding hydrogens is 291 g/mol. The SMILES string of the molecule is CC1CO[C@@H]2Cn3ccc(=O)c(OCc4ccccc4)c3[B]N12. The molecule has 1 radical (unpaired) electrons. The molecule has 3 heterocycles. The van der Waals surface area contributed by atoms with Crippen LogP contribution in [0, 0.1) is 0 Å². The molecule has 0 spiro atoms. The maximum atomic E-state index is 12.3. The van der Waals surface area contributed by atoms with E-state index in [1.54, 1.807) is 6.07 Å². The lowest BCUT2D eigenvalue weighted by atomic mass is 9.80. The van der Waals surface area contributed by atoms with E-state index in [-0.39, 0.29) is 11.7 Å². The summed E-state index contributed by atoms with van der Waals surface area (Å²) in [5.41, 5.74) is 1.78. The van der Waals surface area contributed by atoms with Crippen molar-refractivity contribution in [2.24, 2.45) is 0 Å². The molecule has 2 aliphatic heterocycles. The van der Waals surface area contributed by atoms with Gasteiger partial charge in [0.05, 0.1) is 13.2 Å². The minimum absolute atomic E-state index is 0.0435. The highest BCUT2D eigenvalue weighted by Gasteiger charge is 2.37. The average Bonchev–Trinajstić information content (AvgIpc) is 2.94. The quantitative estimate of drug-likeness (QED) is 0.784. The summed E-state index contributed by atoms with van der Waals surface area (Å²) in [6.07, 6.45) is 1.86. The zero-order valence-electron chi connectivity index (χ0n) is 13.0. The Hall–Kier alpha value is -2.05. The van der Waals surface area contributed by atoms with Crippen LogP contribution in [0.2, 0.25) is 0 Å². The maximum absolute atomic E-state index is 12.3. The Morgan fingerprint density at radius 3 is 2.96 bits per heavy atom. The normalized spacial score (nSPS) is 23.0. The molecule has 0 amide bonds. The first-order chi connectivity index (χ1) is 11.2. The Labute approximate surface area is 135 Å². The van der Waals surface area contributed by atoms with Crippen LogP contribution in [0.4, 0.5) is 0 Å². The van der Waals surface area contributed by atoms with Crippen LogP contribution in [0.5, 0.6) is 5.75 Å². The fourth-order valence-electron chi connectivity index (χ4n) is 3.11. The second-order valence-electron chi connectivity index (χ2n) is 6.03.